The van der Waals surface area contributed by atoms with E-state index in [9.17, 15) is 14.9 Å². The minimum atomic E-state index is -0.550. The van der Waals surface area contributed by atoms with Gasteiger partial charge in [-0.15, -0.1) is 0 Å². The molecule has 0 bridgehead atoms. The fraction of sp³-hybridized carbons (Fsp3) is 0.0714. The largest absolute Gasteiger partial charge is 0.484 e. The van der Waals surface area contributed by atoms with Gasteiger partial charge in [0.1, 0.15) is 5.75 Å². The summed E-state index contributed by atoms with van der Waals surface area (Å²) in [6.45, 7) is -0.231. The number of benzene rings is 2. The molecule has 0 aliphatic heterocycles. The number of nitro groups is 1. The summed E-state index contributed by atoms with van der Waals surface area (Å²) in [4.78, 5) is 22.0. The van der Waals surface area contributed by atoms with Crippen LogP contribution in [0.5, 0.6) is 5.75 Å². The summed E-state index contributed by atoms with van der Waals surface area (Å²) in [5.74, 6) is 0.0431. The molecule has 0 heterocycles. The standard InChI is InChI=1S/C14H10ClNO4/c15-12-6-1-2-7-14(12)20-9-13(17)10-4-3-5-11(8-10)16(18)19/h1-8H,9H2. The third kappa shape index (κ3) is 3.33. The van der Waals surface area contributed by atoms with Crippen LogP contribution in [0, 0.1) is 10.1 Å². The number of carbonyl (C=O) groups excluding carboxylic acids is 1. The highest BCUT2D eigenvalue weighted by Gasteiger charge is 2.12. The van der Waals surface area contributed by atoms with E-state index >= 15 is 0 Å². The zero-order valence-corrected chi connectivity index (χ0v) is 11.0. The molecule has 0 unspecified atom stereocenters. The van der Waals surface area contributed by atoms with Gasteiger partial charge in [-0.1, -0.05) is 35.9 Å². The fourth-order valence-electron chi connectivity index (χ4n) is 1.58. The molecular formula is C14H10ClNO4. The first-order chi connectivity index (χ1) is 9.58. The van der Waals surface area contributed by atoms with Gasteiger partial charge >= 0.3 is 0 Å². The molecule has 0 atom stereocenters. The van der Waals surface area contributed by atoms with Gasteiger partial charge in [0.2, 0.25) is 0 Å². The number of ether oxygens (including phenoxy) is 1. The maximum atomic E-state index is 11.9. The summed E-state index contributed by atoms with van der Waals surface area (Å²) in [5, 5.41) is 11.0. The zero-order chi connectivity index (χ0) is 14.5. The van der Waals surface area contributed by atoms with E-state index in [0.29, 0.717) is 10.8 Å². The molecular weight excluding hydrogens is 282 g/mol. The van der Waals surface area contributed by atoms with Crippen LogP contribution in [0.25, 0.3) is 0 Å². The molecule has 5 nitrogen and oxygen atoms in total. The number of rotatable bonds is 5. The number of non-ortho nitro benzene ring substituents is 1. The van der Waals surface area contributed by atoms with Crippen molar-refractivity contribution in [1.82, 2.24) is 0 Å². The van der Waals surface area contributed by atoms with Crippen molar-refractivity contribution in [2.75, 3.05) is 6.61 Å². The van der Waals surface area contributed by atoms with Crippen LogP contribution in [0.1, 0.15) is 10.4 Å². The third-order valence-corrected chi connectivity index (χ3v) is 2.89. The highest BCUT2D eigenvalue weighted by Crippen LogP contribution is 2.23. The van der Waals surface area contributed by atoms with E-state index in [2.05, 4.69) is 0 Å². The Kier molecular flexibility index (Phi) is 4.32. The molecule has 0 aromatic heterocycles. The van der Waals surface area contributed by atoms with Crippen molar-refractivity contribution in [3.8, 4) is 5.75 Å². The van der Waals surface area contributed by atoms with Crippen LogP contribution in [-0.4, -0.2) is 17.3 Å². The van der Waals surface area contributed by atoms with Crippen molar-refractivity contribution in [3.05, 3.63) is 69.2 Å². The van der Waals surface area contributed by atoms with Crippen LogP contribution in [0.4, 0.5) is 5.69 Å². The number of nitrogens with zero attached hydrogens (tertiary/aromatic N) is 1. The maximum absolute atomic E-state index is 11.9. The van der Waals surface area contributed by atoms with Crippen LogP contribution in [-0.2, 0) is 0 Å². The van der Waals surface area contributed by atoms with Crippen LogP contribution < -0.4 is 4.74 Å². The first kappa shape index (κ1) is 14.0. The second kappa shape index (κ2) is 6.16. The molecule has 0 saturated heterocycles. The summed E-state index contributed by atoms with van der Waals surface area (Å²) >= 11 is 5.89. The van der Waals surface area contributed by atoms with Crippen molar-refractivity contribution in [1.29, 1.82) is 0 Å². The summed E-state index contributed by atoms with van der Waals surface area (Å²) in [5.41, 5.74) is 0.0971. The summed E-state index contributed by atoms with van der Waals surface area (Å²) in [7, 11) is 0. The first-order valence-corrected chi connectivity index (χ1v) is 6.10. The number of carbonyl (C=O) groups is 1. The SMILES string of the molecule is O=C(COc1ccccc1Cl)c1cccc([N+](=O)[O-])c1. The second-order valence-corrected chi connectivity index (χ2v) is 4.36. The van der Waals surface area contributed by atoms with Gasteiger partial charge in [0, 0.05) is 17.7 Å². The number of ketones is 1. The summed E-state index contributed by atoms with van der Waals surface area (Å²) in [6, 6.07) is 12.3. The first-order valence-electron chi connectivity index (χ1n) is 5.73. The number of para-hydroxylation sites is 1. The van der Waals surface area contributed by atoms with E-state index in [1.807, 2.05) is 0 Å². The molecule has 0 spiro atoms. The van der Waals surface area contributed by atoms with Crippen molar-refractivity contribution in [3.63, 3.8) is 0 Å². The quantitative estimate of drug-likeness (QED) is 0.480. The van der Waals surface area contributed by atoms with Gasteiger partial charge < -0.3 is 4.74 Å². The Morgan fingerprint density at radius 2 is 1.95 bits per heavy atom. The number of halogens is 1. The van der Waals surface area contributed by atoms with Gasteiger partial charge in [-0.25, -0.2) is 0 Å². The van der Waals surface area contributed by atoms with Crippen molar-refractivity contribution in [2.24, 2.45) is 0 Å². The van der Waals surface area contributed by atoms with Crippen LogP contribution in [0.3, 0.4) is 0 Å². The zero-order valence-electron chi connectivity index (χ0n) is 10.3. The van der Waals surface area contributed by atoms with Gasteiger partial charge in [-0.2, -0.15) is 0 Å². The van der Waals surface area contributed by atoms with Gasteiger partial charge in [-0.05, 0) is 12.1 Å². The minimum Gasteiger partial charge on any atom is -0.484 e. The lowest BCUT2D eigenvalue weighted by Gasteiger charge is -2.06. The molecule has 0 aliphatic carbocycles. The smallest absolute Gasteiger partial charge is 0.270 e. The van der Waals surface area contributed by atoms with Crippen molar-refractivity contribution in [2.45, 2.75) is 0 Å². The van der Waals surface area contributed by atoms with Crippen LogP contribution in [0.15, 0.2) is 48.5 Å². The van der Waals surface area contributed by atoms with E-state index in [0.717, 1.165) is 0 Å². The van der Waals surface area contributed by atoms with E-state index in [4.69, 9.17) is 16.3 Å². The van der Waals surface area contributed by atoms with E-state index in [-0.39, 0.29) is 23.6 Å². The molecule has 2 rings (SSSR count). The highest BCUT2D eigenvalue weighted by molar-refractivity contribution is 6.32. The predicted octanol–water partition coefficient (Wildman–Crippen LogP) is 3.51. The Morgan fingerprint density at radius 1 is 1.20 bits per heavy atom. The van der Waals surface area contributed by atoms with Crippen LogP contribution >= 0.6 is 11.6 Å². The lowest BCUT2D eigenvalue weighted by Crippen LogP contribution is -2.12. The predicted molar refractivity (Wildman–Crippen MR) is 74.4 cm³/mol. The molecule has 0 N–H and O–H groups in total. The maximum Gasteiger partial charge on any atom is 0.270 e. The molecule has 0 aliphatic rings. The van der Waals surface area contributed by atoms with Crippen molar-refractivity contribution < 1.29 is 14.5 Å². The third-order valence-electron chi connectivity index (χ3n) is 2.57. The Balaban J connectivity index is 2.07. The molecule has 0 saturated carbocycles. The molecule has 0 radical (unpaired) electrons. The topological polar surface area (TPSA) is 69.4 Å². The highest BCUT2D eigenvalue weighted by atomic mass is 35.5. The van der Waals surface area contributed by atoms with Crippen molar-refractivity contribution >= 4 is 23.1 Å². The number of nitro benzene ring substituents is 1. The molecule has 0 amide bonds. The van der Waals surface area contributed by atoms with Crippen LogP contribution in [0.2, 0.25) is 5.02 Å². The molecule has 0 fully saturated rings. The average Bonchev–Trinajstić information content (AvgIpc) is 2.46. The molecule has 2 aromatic carbocycles. The Labute approximate surface area is 119 Å². The molecule has 6 heteroatoms. The summed E-state index contributed by atoms with van der Waals surface area (Å²) in [6.07, 6.45) is 0. The normalized spacial score (nSPS) is 10.1. The van der Waals surface area contributed by atoms with Gasteiger partial charge in [0.05, 0.1) is 9.95 Å². The fourth-order valence-corrected chi connectivity index (χ4v) is 1.77. The molecule has 102 valence electrons. The lowest BCUT2D eigenvalue weighted by atomic mass is 10.1. The van der Waals surface area contributed by atoms with Gasteiger partial charge in [-0.3, -0.25) is 14.9 Å². The van der Waals surface area contributed by atoms with Gasteiger partial charge in [0.25, 0.3) is 5.69 Å². The summed E-state index contributed by atoms with van der Waals surface area (Å²) < 4.78 is 5.30. The van der Waals surface area contributed by atoms with E-state index < -0.39 is 4.92 Å². The number of Topliss-reactive ketones (excluding diaryl/α,β-unsaturated/α-hetero) is 1. The molecule has 20 heavy (non-hydrogen) atoms. The minimum absolute atomic E-state index is 0.131. The Hall–Kier alpha value is -2.40. The van der Waals surface area contributed by atoms with E-state index in [1.54, 1.807) is 24.3 Å². The van der Waals surface area contributed by atoms with E-state index in [1.165, 1.54) is 24.3 Å². The average molecular weight is 292 g/mol. The number of hydrogen-bond donors (Lipinski definition) is 0. The number of hydrogen-bond acceptors (Lipinski definition) is 4. The Morgan fingerprint density at radius 3 is 2.65 bits per heavy atom. The van der Waals surface area contributed by atoms with Gasteiger partial charge in [0.15, 0.2) is 12.4 Å². The monoisotopic (exact) mass is 291 g/mol. The Bertz CT molecular complexity index is 657. The molecule has 2 aromatic rings. The second-order valence-electron chi connectivity index (χ2n) is 3.95. The lowest BCUT2D eigenvalue weighted by molar-refractivity contribution is -0.384.